The first-order valence-electron chi connectivity index (χ1n) is 6.62. The Morgan fingerprint density at radius 1 is 1.17 bits per heavy atom. The molecule has 0 amide bonds. The Bertz CT molecular complexity index is 387. The molecule has 0 unspecified atom stereocenters. The van der Waals surface area contributed by atoms with Crippen LogP contribution in [0.2, 0.25) is 0 Å². The number of benzene rings is 1. The van der Waals surface area contributed by atoms with E-state index in [0.29, 0.717) is 0 Å². The van der Waals surface area contributed by atoms with Gasteiger partial charge in [0.15, 0.2) is 0 Å². The molecule has 1 aliphatic heterocycles. The summed E-state index contributed by atoms with van der Waals surface area (Å²) in [5.41, 5.74) is 2.03. The van der Waals surface area contributed by atoms with Gasteiger partial charge in [0.1, 0.15) is 5.82 Å². The second-order valence-corrected chi connectivity index (χ2v) is 4.89. The molecule has 4 heteroatoms. The summed E-state index contributed by atoms with van der Waals surface area (Å²) in [6.45, 7) is 7.72. The first-order chi connectivity index (χ1) is 8.69. The van der Waals surface area contributed by atoms with Crippen molar-refractivity contribution in [1.29, 1.82) is 0 Å². The smallest absolute Gasteiger partial charge is 0.125 e. The molecule has 1 fully saturated rings. The van der Waals surface area contributed by atoms with E-state index in [4.69, 9.17) is 0 Å². The highest BCUT2D eigenvalue weighted by Crippen LogP contribution is 2.20. The largest absolute Gasteiger partial charge is 0.369 e. The maximum absolute atomic E-state index is 13.6. The van der Waals surface area contributed by atoms with Crippen molar-refractivity contribution in [2.75, 3.05) is 44.7 Å². The number of hydrogen-bond acceptors (Lipinski definition) is 3. The highest BCUT2D eigenvalue weighted by atomic mass is 19.1. The number of halogens is 1. The molecule has 1 aromatic rings. The summed E-state index contributed by atoms with van der Waals surface area (Å²) >= 11 is 0. The molecular weight excluding hydrogens is 229 g/mol. The highest BCUT2D eigenvalue weighted by molar-refractivity contribution is 5.49. The van der Waals surface area contributed by atoms with Gasteiger partial charge in [0.05, 0.1) is 0 Å². The molecule has 1 N–H and O–H groups in total. The van der Waals surface area contributed by atoms with E-state index in [-0.39, 0.29) is 5.82 Å². The van der Waals surface area contributed by atoms with E-state index in [1.807, 2.05) is 0 Å². The van der Waals surface area contributed by atoms with E-state index >= 15 is 0 Å². The molecule has 0 radical (unpaired) electrons. The first-order valence-corrected chi connectivity index (χ1v) is 6.62. The number of piperazine rings is 1. The van der Waals surface area contributed by atoms with Crippen molar-refractivity contribution >= 4 is 5.69 Å². The van der Waals surface area contributed by atoms with Crippen molar-refractivity contribution in [3.05, 3.63) is 29.6 Å². The number of anilines is 1. The van der Waals surface area contributed by atoms with Gasteiger partial charge in [-0.05, 0) is 37.4 Å². The third kappa shape index (κ3) is 3.43. The minimum absolute atomic E-state index is 0.140. The molecule has 18 heavy (non-hydrogen) atoms. The lowest BCUT2D eigenvalue weighted by Crippen LogP contribution is -2.44. The number of hydrogen-bond donors (Lipinski definition) is 1. The van der Waals surface area contributed by atoms with Crippen molar-refractivity contribution in [3.63, 3.8) is 0 Å². The summed E-state index contributed by atoms with van der Waals surface area (Å²) in [6, 6.07) is 5.35. The molecule has 0 saturated carbocycles. The maximum atomic E-state index is 13.6. The SMILES string of the molecule is CCNCc1cc(F)cc(N2CCN(C)CC2)c1. The van der Waals surface area contributed by atoms with E-state index in [1.165, 1.54) is 0 Å². The number of likely N-dealkylation sites (N-methyl/N-ethyl adjacent to an activating group) is 1. The molecule has 2 rings (SSSR count). The van der Waals surface area contributed by atoms with E-state index in [9.17, 15) is 4.39 Å². The fourth-order valence-corrected chi connectivity index (χ4v) is 2.25. The molecule has 0 aromatic heterocycles. The Morgan fingerprint density at radius 3 is 2.56 bits per heavy atom. The summed E-state index contributed by atoms with van der Waals surface area (Å²) in [5.74, 6) is -0.140. The number of nitrogens with zero attached hydrogens (tertiary/aromatic N) is 2. The second kappa shape index (κ2) is 6.16. The van der Waals surface area contributed by atoms with Crippen molar-refractivity contribution in [3.8, 4) is 0 Å². The van der Waals surface area contributed by atoms with Gasteiger partial charge in [-0.1, -0.05) is 6.92 Å². The number of rotatable bonds is 4. The van der Waals surface area contributed by atoms with Crippen LogP contribution in [-0.2, 0) is 6.54 Å². The fraction of sp³-hybridized carbons (Fsp3) is 0.571. The zero-order chi connectivity index (χ0) is 13.0. The first kappa shape index (κ1) is 13.3. The van der Waals surface area contributed by atoms with Crippen LogP contribution < -0.4 is 10.2 Å². The lowest BCUT2D eigenvalue weighted by molar-refractivity contribution is 0.312. The minimum atomic E-state index is -0.140. The number of nitrogens with one attached hydrogen (secondary N) is 1. The molecule has 100 valence electrons. The standard InChI is InChI=1S/C14H22FN3/c1-3-16-11-12-8-13(15)10-14(9-12)18-6-4-17(2)5-7-18/h8-10,16H,3-7,11H2,1-2H3. The lowest BCUT2D eigenvalue weighted by atomic mass is 10.1. The third-order valence-corrected chi connectivity index (χ3v) is 3.39. The summed E-state index contributed by atoms with van der Waals surface area (Å²) in [5, 5.41) is 3.24. The van der Waals surface area contributed by atoms with Crippen LogP contribution >= 0.6 is 0 Å². The van der Waals surface area contributed by atoms with Crippen molar-refractivity contribution in [1.82, 2.24) is 10.2 Å². The molecule has 0 aliphatic carbocycles. The molecule has 3 nitrogen and oxygen atoms in total. The average molecular weight is 251 g/mol. The van der Waals surface area contributed by atoms with Gasteiger partial charge < -0.3 is 15.1 Å². The van der Waals surface area contributed by atoms with Gasteiger partial charge in [-0.25, -0.2) is 4.39 Å². The van der Waals surface area contributed by atoms with Gasteiger partial charge in [-0.3, -0.25) is 0 Å². The van der Waals surface area contributed by atoms with Crippen molar-refractivity contribution in [2.24, 2.45) is 0 Å². The summed E-state index contributed by atoms with van der Waals surface area (Å²) in [6.07, 6.45) is 0. The van der Waals surface area contributed by atoms with Crippen LogP contribution in [0.15, 0.2) is 18.2 Å². The summed E-state index contributed by atoms with van der Waals surface area (Å²) in [4.78, 5) is 4.56. The van der Waals surface area contributed by atoms with E-state index in [2.05, 4.69) is 35.2 Å². The Hall–Kier alpha value is -1.13. The molecule has 1 heterocycles. The Morgan fingerprint density at radius 2 is 1.89 bits per heavy atom. The van der Waals surface area contributed by atoms with E-state index < -0.39 is 0 Å². The van der Waals surface area contributed by atoms with Gasteiger partial charge in [-0.2, -0.15) is 0 Å². The molecule has 1 aliphatic rings. The van der Waals surface area contributed by atoms with Gasteiger partial charge >= 0.3 is 0 Å². The van der Waals surface area contributed by atoms with Crippen LogP contribution in [0.1, 0.15) is 12.5 Å². The van der Waals surface area contributed by atoms with Crippen LogP contribution in [0.25, 0.3) is 0 Å². The van der Waals surface area contributed by atoms with E-state index in [0.717, 1.165) is 50.5 Å². The molecular formula is C14H22FN3. The van der Waals surface area contributed by atoms with Crippen LogP contribution in [0, 0.1) is 5.82 Å². The predicted molar refractivity (Wildman–Crippen MR) is 73.5 cm³/mol. The second-order valence-electron chi connectivity index (χ2n) is 4.89. The quantitative estimate of drug-likeness (QED) is 0.878. The van der Waals surface area contributed by atoms with Crippen molar-refractivity contribution < 1.29 is 4.39 Å². The topological polar surface area (TPSA) is 18.5 Å². The lowest BCUT2D eigenvalue weighted by Gasteiger charge is -2.34. The monoisotopic (exact) mass is 251 g/mol. The van der Waals surface area contributed by atoms with Crippen LogP contribution in [0.4, 0.5) is 10.1 Å². The third-order valence-electron chi connectivity index (χ3n) is 3.39. The normalized spacial score (nSPS) is 17.2. The Balaban J connectivity index is 2.09. The minimum Gasteiger partial charge on any atom is -0.369 e. The zero-order valence-corrected chi connectivity index (χ0v) is 11.2. The molecule has 0 atom stereocenters. The highest BCUT2D eigenvalue weighted by Gasteiger charge is 2.15. The molecule has 0 bridgehead atoms. The maximum Gasteiger partial charge on any atom is 0.125 e. The van der Waals surface area contributed by atoms with Gasteiger partial charge in [0.2, 0.25) is 0 Å². The van der Waals surface area contributed by atoms with Crippen LogP contribution in [0.3, 0.4) is 0 Å². The summed E-state index contributed by atoms with van der Waals surface area (Å²) in [7, 11) is 2.12. The molecule has 1 aromatic carbocycles. The van der Waals surface area contributed by atoms with Crippen LogP contribution in [-0.4, -0.2) is 44.7 Å². The van der Waals surface area contributed by atoms with Gasteiger partial charge in [-0.15, -0.1) is 0 Å². The van der Waals surface area contributed by atoms with E-state index in [1.54, 1.807) is 12.1 Å². The van der Waals surface area contributed by atoms with Gasteiger partial charge in [0.25, 0.3) is 0 Å². The van der Waals surface area contributed by atoms with Gasteiger partial charge in [0, 0.05) is 38.4 Å². The zero-order valence-electron chi connectivity index (χ0n) is 11.2. The van der Waals surface area contributed by atoms with Crippen molar-refractivity contribution in [2.45, 2.75) is 13.5 Å². The fourth-order valence-electron chi connectivity index (χ4n) is 2.25. The summed E-state index contributed by atoms with van der Waals surface area (Å²) < 4.78 is 13.6. The molecule has 1 saturated heterocycles. The Kier molecular flexibility index (Phi) is 4.55. The van der Waals surface area contributed by atoms with Crippen LogP contribution in [0.5, 0.6) is 0 Å². The molecule has 0 spiro atoms. The Labute approximate surface area is 109 Å². The average Bonchev–Trinajstić information content (AvgIpc) is 2.36. The predicted octanol–water partition coefficient (Wildman–Crippen LogP) is 1.69.